The van der Waals surface area contributed by atoms with E-state index in [0.717, 1.165) is 12.1 Å². The Balaban J connectivity index is 2.00. The van der Waals surface area contributed by atoms with Gasteiger partial charge in [0.1, 0.15) is 0 Å². The van der Waals surface area contributed by atoms with Crippen LogP contribution in [0.3, 0.4) is 0 Å². The van der Waals surface area contributed by atoms with E-state index in [-0.39, 0.29) is 0 Å². The Morgan fingerprint density at radius 1 is 1.53 bits per heavy atom. The fraction of sp³-hybridized carbons (Fsp3) is 0.769. The highest BCUT2D eigenvalue weighted by Gasteiger charge is 2.25. The molecular weight excluding hydrogens is 230 g/mol. The van der Waals surface area contributed by atoms with Crippen LogP contribution in [0.15, 0.2) is 5.38 Å². The first-order valence-corrected chi connectivity index (χ1v) is 7.47. The molecular formula is C13H23N3S. The minimum Gasteiger partial charge on any atom is -0.325 e. The van der Waals surface area contributed by atoms with Gasteiger partial charge >= 0.3 is 0 Å². The van der Waals surface area contributed by atoms with Gasteiger partial charge in [-0.3, -0.25) is 4.90 Å². The number of hydrogen-bond donors (Lipinski definition) is 1. The highest BCUT2D eigenvalue weighted by Crippen LogP contribution is 2.24. The van der Waals surface area contributed by atoms with E-state index in [2.05, 4.69) is 29.1 Å². The Kier molecular flexibility index (Phi) is 4.54. The van der Waals surface area contributed by atoms with Gasteiger partial charge in [0, 0.05) is 30.4 Å². The summed E-state index contributed by atoms with van der Waals surface area (Å²) in [6.45, 7) is 6.41. The summed E-state index contributed by atoms with van der Waals surface area (Å²) in [6.07, 6.45) is 5.13. The molecule has 4 heteroatoms. The molecule has 1 saturated heterocycles. The van der Waals surface area contributed by atoms with Crippen LogP contribution in [-0.2, 0) is 13.0 Å². The van der Waals surface area contributed by atoms with Gasteiger partial charge in [-0.05, 0) is 33.2 Å². The molecule has 1 aromatic rings. The third-order valence-corrected chi connectivity index (χ3v) is 4.47. The molecule has 2 rings (SSSR count). The van der Waals surface area contributed by atoms with Crippen molar-refractivity contribution in [2.45, 2.75) is 58.2 Å². The van der Waals surface area contributed by atoms with Gasteiger partial charge in [0.05, 0.1) is 10.7 Å². The van der Waals surface area contributed by atoms with Gasteiger partial charge in [0.15, 0.2) is 0 Å². The van der Waals surface area contributed by atoms with Gasteiger partial charge in [-0.2, -0.15) is 0 Å². The molecule has 0 bridgehead atoms. The Morgan fingerprint density at radius 3 is 3.00 bits per heavy atom. The highest BCUT2D eigenvalue weighted by atomic mass is 32.1. The molecule has 1 aromatic heterocycles. The maximum atomic E-state index is 5.61. The van der Waals surface area contributed by atoms with E-state index in [1.807, 2.05) is 0 Å². The maximum absolute atomic E-state index is 5.61. The third kappa shape index (κ3) is 3.27. The number of nitrogens with two attached hydrogens (primary N) is 1. The molecule has 96 valence electrons. The lowest BCUT2D eigenvalue weighted by atomic mass is 9.98. The normalized spacial score (nSPS) is 22.2. The molecule has 1 aliphatic heterocycles. The van der Waals surface area contributed by atoms with Crippen molar-refractivity contribution in [3.8, 4) is 0 Å². The monoisotopic (exact) mass is 253 g/mol. The number of piperidine rings is 1. The minimum absolute atomic E-state index is 0.565. The molecule has 1 unspecified atom stereocenters. The molecule has 1 aliphatic rings. The van der Waals surface area contributed by atoms with Crippen LogP contribution in [0.2, 0.25) is 0 Å². The lowest BCUT2D eigenvalue weighted by Crippen LogP contribution is -2.44. The molecule has 1 atom stereocenters. The predicted octanol–water partition coefficient (Wildman–Crippen LogP) is 2.41. The number of aromatic nitrogens is 1. The van der Waals surface area contributed by atoms with Crippen LogP contribution >= 0.6 is 11.3 Å². The summed E-state index contributed by atoms with van der Waals surface area (Å²) in [5, 5.41) is 3.35. The Morgan fingerprint density at radius 2 is 2.35 bits per heavy atom. The molecule has 2 N–H and O–H groups in total. The number of thiazole rings is 1. The van der Waals surface area contributed by atoms with E-state index < -0.39 is 0 Å². The summed E-state index contributed by atoms with van der Waals surface area (Å²) < 4.78 is 0. The molecule has 0 aromatic carbocycles. The van der Waals surface area contributed by atoms with Gasteiger partial charge in [-0.15, -0.1) is 11.3 Å². The Bertz CT molecular complexity index is 348. The van der Waals surface area contributed by atoms with Crippen molar-refractivity contribution in [3.63, 3.8) is 0 Å². The zero-order chi connectivity index (χ0) is 12.3. The number of nitrogens with zero attached hydrogens (tertiary/aromatic N) is 2. The summed E-state index contributed by atoms with van der Waals surface area (Å²) in [5.74, 6) is 0. The van der Waals surface area contributed by atoms with E-state index >= 15 is 0 Å². The second-order valence-corrected chi connectivity index (χ2v) is 6.06. The van der Waals surface area contributed by atoms with E-state index in [4.69, 9.17) is 5.73 Å². The lowest BCUT2D eigenvalue weighted by molar-refractivity contribution is 0.111. The van der Waals surface area contributed by atoms with Crippen molar-refractivity contribution < 1.29 is 0 Å². The van der Waals surface area contributed by atoms with Crippen LogP contribution in [0.4, 0.5) is 0 Å². The summed E-state index contributed by atoms with van der Waals surface area (Å²) >= 11 is 1.76. The molecule has 0 saturated carbocycles. The summed E-state index contributed by atoms with van der Waals surface area (Å²) in [4.78, 5) is 7.22. The lowest BCUT2D eigenvalue weighted by Gasteiger charge is -2.38. The van der Waals surface area contributed by atoms with Crippen LogP contribution in [0.5, 0.6) is 0 Å². The van der Waals surface area contributed by atoms with Crippen LogP contribution in [0.25, 0.3) is 0 Å². The van der Waals surface area contributed by atoms with E-state index in [1.165, 1.54) is 30.8 Å². The number of hydrogen-bond acceptors (Lipinski definition) is 4. The molecule has 0 radical (unpaired) electrons. The Labute approximate surface area is 108 Å². The summed E-state index contributed by atoms with van der Waals surface area (Å²) in [7, 11) is 0. The second-order valence-electron chi connectivity index (χ2n) is 5.12. The smallest absolute Gasteiger partial charge is 0.0944 e. The first-order chi connectivity index (χ1) is 8.20. The first-order valence-electron chi connectivity index (χ1n) is 6.59. The quantitative estimate of drug-likeness (QED) is 0.896. The van der Waals surface area contributed by atoms with E-state index in [0.29, 0.717) is 18.6 Å². The standard InChI is InChI=1S/C13H23N3S/c1-10(2)16-6-4-3-5-12(16)7-13-15-11(8-14)9-17-13/h9-10,12H,3-8,14H2,1-2H3. The van der Waals surface area contributed by atoms with Crippen molar-refractivity contribution in [1.82, 2.24) is 9.88 Å². The topological polar surface area (TPSA) is 42.2 Å². The molecule has 0 aliphatic carbocycles. The van der Waals surface area contributed by atoms with E-state index in [1.54, 1.807) is 11.3 Å². The zero-order valence-electron chi connectivity index (χ0n) is 10.9. The second kappa shape index (κ2) is 5.94. The predicted molar refractivity (Wildman–Crippen MR) is 73.2 cm³/mol. The van der Waals surface area contributed by atoms with Crippen molar-refractivity contribution in [3.05, 3.63) is 16.1 Å². The number of likely N-dealkylation sites (tertiary alicyclic amines) is 1. The molecule has 0 spiro atoms. The van der Waals surface area contributed by atoms with E-state index in [9.17, 15) is 0 Å². The van der Waals surface area contributed by atoms with Gasteiger partial charge in [0.2, 0.25) is 0 Å². The van der Waals surface area contributed by atoms with Crippen molar-refractivity contribution in [2.75, 3.05) is 6.54 Å². The van der Waals surface area contributed by atoms with Crippen molar-refractivity contribution in [2.24, 2.45) is 5.73 Å². The fourth-order valence-electron chi connectivity index (χ4n) is 2.66. The largest absolute Gasteiger partial charge is 0.325 e. The number of rotatable bonds is 4. The first kappa shape index (κ1) is 13.0. The molecule has 1 fully saturated rings. The molecule has 17 heavy (non-hydrogen) atoms. The average Bonchev–Trinajstić information content (AvgIpc) is 2.77. The summed E-state index contributed by atoms with van der Waals surface area (Å²) in [5.41, 5.74) is 6.64. The van der Waals surface area contributed by atoms with Crippen LogP contribution in [-0.4, -0.2) is 28.5 Å². The fourth-order valence-corrected chi connectivity index (χ4v) is 3.54. The van der Waals surface area contributed by atoms with Crippen LogP contribution < -0.4 is 5.73 Å². The SMILES string of the molecule is CC(C)N1CCCCC1Cc1nc(CN)cs1. The van der Waals surface area contributed by atoms with Crippen molar-refractivity contribution >= 4 is 11.3 Å². The third-order valence-electron chi connectivity index (χ3n) is 3.55. The highest BCUT2D eigenvalue weighted by molar-refractivity contribution is 7.09. The van der Waals surface area contributed by atoms with Gasteiger partial charge in [0.25, 0.3) is 0 Å². The van der Waals surface area contributed by atoms with Crippen molar-refractivity contribution in [1.29, 1.82) is 0 Å². The molecule has 3 nitrogen and oxygen atoms in total. The van der Waals surface area contributed by atoms with Gasteiger partial charge in [-0.1, -0.05) is 6.42 Å². The van der Waals surface area contributed by atoms with Gasteiger partial charge < -0.3 is 5.73 Å². The van der Waals surface area contributed by atoms with Crippen LogP contribution in [0, 0.1) is 0 Å². The minimum atomic E-state index is 0.565. The van der Waals surface area contributed by atoms with Crippen LogP contribution in [0.1, 0.15) is 43.8 Å². The molecule has 0 amide bonds. The zero-order valence-corrected chi connectivity index (χ0v) is 11.7. The summed E-state index contributed by atoms with van der Waals surface area (Å²) in [6, 6.07) is 1.33. The average molecular weight is 253 g/mol. The Hall–Kier alpha value is -0.450. The molecule has 2 heterocycles. The van der Waals surface area contributed by atoms with Gasteiger partial charge in [-0.25, -0.2) is 4.98 Å². The maximum Gasteiger partial charge on any atom is 0.0944 e.